The summed E-state index contributed by atoms with van der Waals surface area (Å²) in [5.74, 6) is -0.534. The first-order valence-corrected chi connectivity index (χ1v) is 7.81. The molecule has 1 aromatic heterocycles. The number of nitrogens with zero attached hydrogens (tertiary/aromatic N) is 2. The number of para-hydroxylation sites is 1. The van der Waals surface area contributed by atoms with Crippen molar-refractivity contribution < 1.29 is 9.90 Å². The van der Waals surface area contributed by atoms with Crippen molar-refractivity contribution >= 4 is 16.9 Å². The van der Waals surface area contributed by atoms with Crippen LogP contribution in [0.1, 0.15) is 24.2 Å². The standard InChI is InChI=1S/C19H18N2O3/c1-13(11-14-7-3-2-4-8-14)18-20-19(24)15-9-5-6-10-16(15)21(18)12-17(22)23/h2-10,13H,11-12H2,1H3,(H,22,23). The Morgan fingerprint density at radius 1 is 1.12 bits per heavy atom. The number of rotatable bonds is 5. The molecule has 5 nitrogen and oxygen atoms in total. The molecule has 1 unspecified atom stereocenters. The lowest BCUT2D eigenvalue weighted by Crippen LogP contribution is -2.24. The van der Waals surface area contributed by atoms with Crippen LogP contribution in [0.2, 0.25) is 0 Å². The maximum absolute atomic E-state index is 12.3. The van der Waals surface area contributed by atoms with E-state index in [1.807, 2.05) is 37.3 Å². The highest BCUT2D eigenvalue weighted by Crippen LogP contribution is 2.21. The summed E-state index contributed by atoms with van der Waals surface area (Å²) in [7, 11) is 0. The summed E-state index contributed by atoms with van der Waals surface area (Å²) in [4.78, 5) is 27.8. The molecular formula is C19H18N2O3. The fourth-order valence-corrected chi connectivity index (χ4v) is 2.97. The molecule has 3 rings (SSSR count). The summed E-state index contributed by atoms with van der Waals surface area (Å²) in [6.07, 6.45) is 0.686. The molecule has 2 aromatic carbocycles. The lowest BCUT2D eigenvalue weighted by atomic mass is 10.00. The highest BCUT2D eigenvalue weighted by atomic mass is 16.4. The largest absolute Gasteiger partial charge is 0.480 e. The van der Waals surface area contributed by atoms with Crippen molar-refractivity contribution in [3.05, 3.63) is 76.3 Å². The van der Waals surface area contributed by atoms with E-state index in [2.05, 4.69) is 4.98 Å². The number of aliphatic carboxylic acids is 1. The fourth-order valence-electron chi connectivity index (χ4n) is 2.97. The van der Waals surface area contributed by atoms with Crippen molar-refractivity contribution in [2.45, 2.75) is 25.8 Å². The smallest absolute Gasteiger partial charge is 0.323 e. The van der Waals surface area contributed by atoms with Crippen LogP contribution in [0, 0.1) is 0 Å². The summed E-state index contributed by atoms with van der Waals surface area (Å²) in [6, 6.07) is 16.9. The van der Waals surface area contributed by atoms with Gasteiger partial charge in [0.25, 0.3) is 5.56 Å². The van der Waals surface area contributed by atoms with Gasteiger partial charge < -0.3 is 9.67 Å². The van der Waals surface area contributed by atoms with E-state index in [0.29, 0.717) is 23.1 Å². The molecule has 24 heavy (non-hydrogen) atoms. The second-order valence-corrected chi connectivity index (χ2v) is 5.86. The van der Waals surface area contributed by atoms with E-state index in [4.69, 9.17) is 0 Å². The lowest BCUT2D eigenvalue weighted by Gasteiger charge is -2.19. The number of aromatic nitrogens is 2. The van der Waals surface area contributed by atoms with Crippen LogP contribution in [0.5, 0.6) is 0 Å². The number of hydrogen-bond donors (Lipinski definition) is 1. The molecular weight excluding hydrogens is 304 g/mol. The maximum atomic E-state index is 12.3. The van der Waals surface area contributed by atoms with Crippen LogP contribution in [0.15, 0.2) is 59.4 Å². The Hall–Kier alpha value is -2.95. The minimum atomic E-state index is -0.959. The molecule has 5 heteroatoms. The molecule has 0 saturated heterocycles. The van der Waals surface area contributed by atoms with Crippen LogP contribution in [0.4, 0.5) is 0 Å². The van der Waals surface area contributed by atoms with Crippen LogP contribution in [-0.2, 0) is 17.8 Å². The van der Waals surface area contributed by atoms with E-state index in [0.717, 1.165) is 5.56 Å². The first-order valence-electron chi connectivity index (χ1n) is 7.81. The van der Waals surface area contributed by atoms with Gasteiger partial charge in [0.2, 0.25) is 0 Å². The van der Waals surface area contributed by atoms with Crippen LogP contribution >= 0.6 is 0 Å². The van der Waals surface area contributed by atoms with E-state index < -0.39 is 5.97 Å². The number of carboxylic acids is 1. The van der Waals surface area contributed by atoms with Crippen LogP contribution in [0.25, 0.3) is 10.9 Å². The van der Waals surface area contributed by atoms with E-state index in [1.165, 1.54) is 0 Å². The van der Waals surface area contributed by atoms with Gasteiger partial charge in [-0.15, -0.1) is 0 Å². The van der Waals surface area contributed by atoms with Crippen molar-refractivity contribution in [3.63, 3.8) is 0 Å². The van der Waals surface area contributed by atoms with Gasteiger partial charge in [-0.3, -0.25) is 9.59 Å². The minimum Gasteiger partial charge on any atom is -0.480 e. The summed E-state index contributed by atoms with van der Waals surface area (Å²) in [6.45, 7) is 1.74. The van der Waals surface area contributed by atoms with Gasteiger partial charge in [0.15, 0.2) is 0 Å². The molecule has 0 aliphatic rings. The molecule has 1 N–H and O–H groups in total. The average molecular weight is 322 g/mol. The zero-order chi connectivity index (χ0) is 17.1. The second-order valence-electron chi connectivity index (χ2n) is 5.86. The third-order valence-corrected chi connectivity index (χ3v) is 4.04. The Labute approximate surface area is 139 Å². The van der Waals surface area contributed by atoms with Crippen molar-refractivity contribution in [3.8, 4) is 0 Å². The summed E-state index contributed by atoms with van der Waals surface area (Å²) >= 11 is 0. The highest BCUT2D eigenvalue weighted by Gasteiger charge is 2.18. The monoisotopic (exact) mass is 322 g/mol. The first-order chi connectivity index (χ1) is 11.6. The second kappa shape index (κ2) is 6.66. The van der Waals surface area contributed by atoms with Gasteiger partial charge in [-0.2, -0.15) is 4.98 Å². The zero-order valence-electron chi connectivity index (χ0n) is 13.3. The van der Waals surface area contributed by atoms with Gasteiger partial charge in [-0.1, -0.05) is 49.4 Å². The molecule has 0 aliphatic heterocycles. The highest BCUT2D eigenvalue weighted by molar-refractivity contribution is 5.80. The van der Waals surface area contributed by atoms with Crippen LogP contribution in [-0.4, -0.2) is 20.6 Å². The molecule has 0 spiro atoms. The van der Waals surface area contributed by atoms with Gasteiger partial charge >= 0.3 is 5.97 Å². The minimum absolute atomic E-state index is 0.0796. The Kier molecular flexibility index (Phi) is 4.42. The average Bonchev–Trinajstić information content (AvgIpc) is 2.58. The van der Waals surface area contributed by atoms with Crippen molar-refractivity contribution in [1.29, 1.82) is 0 Å². The fraction of sp³-hybridized carbons (Fsp3) is 0.211. The molecule has 1 heterocycles. The number of benzene rings is 2. The molecule has 0 radical (unpaired) electrons. The first kappa shape index (κ1) is 15.9. The molecule has 0 aliphatic carbocycles. The van der Waals surface area contributed by atoms with Crippen molar-refractivity contribution in [2.24, 2.45) is 0 Å². The predicted octanol–water partition coefficient (Wildman–Crippen LogP) is 2.83. The summed E-state index contributed by atoms with van der Waals surface area (Å²) in [5, 5.41) is 9.70. The molecule has 122 valence electrons. The Morgan fingerprint density at radius 2 is 1.79 bits per heavy atom. The summed E-state index contributed by atoms with van der Waals surface area (Å²) in [5.41, 5.74) is 1.41. The Balaban J connectivity index is 2.12. The third-order valence-electron chi connectivity index (χ3n) is 4.04. The molecule has 0 amide bonds. The Morgan fingerprint density at radius 3 is 2.50 bits per heavy atom. The van der Waals surface area contributed by atoms with E-state index in [1.54, 1.807) is 28.8 Å². The molecule has 0 bridgehead atoms. The van der Waals surface area contributed by atoms with E-state index >= 15 is 0 Å². The number of fused-ring (bicyclic) bond motifs is 1. The molecule has 0 fully saturated rings. The molecule has 1 atom stereocenters. The molecule has 3 aromatic rings. The normalized spacial score (nSPS) is 12.2. The van der Waals surface area contributed by atoms with Crippen molar-refractivity contribution in [2.75, 3.05) is 0 Å². The topological polar surface area (TPSA) is 72.2 Å². The van der Waals surface area contributed by atoms with E-state index in [-0.39, 0.29) is 18.0 Å². The van der Waals surface area contributed by atoms with Gasteiger partial charge in [0.05, 0.1) is 10.9 Å². The van der Waals surface area contributed by atoms with E-state index in [9.17, 15) is 14.7 Å². The maximum Gasteiger partial charge on any atom is 0.323 e. The quantitative estimate of drug-likeness (QED) is 0.784. The van der Waals surface area contributed by atoms with Gasteiger partial charge in [-0.25, -0.2) is 0 Å². The zero-order valence-corrected chi connectivity index (χ0v) is 13.3. The number of carboxylic acid groups (broad SMARTS) is 1. The van der Waals surface area contributed by atoms with Gasteiger partial charge in [0, 0.05) is 5.92 Å². The SMILES string of the molecule is CC(Cc1ccccc1)c1nc(=O)c2ccccc2n1CC(=O)O. The number of hydrogen-bond acceptors (Lipinski definition) is 3. The van der Waals surface area contributed by atoms with Crippen molar-refractivity contribution in [1.82, 2.24) is 9.55 Å². The lowest BCUT2D eigenvalue weighted by molar-refractivity contribution is -0.137. The predicted molar refractivity (Wildman–Crippen MR) is 92.2 cm³/mol. The van der Waals surface area contributed by atoms with Gasteiger partial charge in [-0.05, 0) is 24.1 Å². The Bertz CT molecular complexity index is 932. The van der Waals surface area contributed by atoms with Gasteiger partial charge in [0.1, 0.15) is 12.4 Å². The molecule has 0 saturated carbocycles. The summed E-state index contributed by atoms with van der Waals surface area (Å²) < 4.78 is 1.63. The number of carbonyl (C=O) groups is 1. The van der Waals surface area contributed by atoms with Crippen LogP contribution < -0.4 is 5.56 Å². The van der Waals surface area contributed by atoms with Crippen LogP contribution in [0.3, 0.4) is 0 Å². The third kappa shape index (κ3) is 3.20.